The Balaban J connectivity index is 2.51. The van der Waals surface area contributed by atoms with Gasteiger partial charge in [-0.3, -0.25) is 14.9 Å². The summed E-state index contributed by atoms with van der Waals surface area (Å²) in [6.07, 6.45) is 2.68. The van der Waals surface area contributed by atoms with Crippen LogP contribution in [0.15, 0.2) is 23.5 Å². The van der Waals surface area contributed by atoms with Gasteiger partial charge in [-0.1, -0.05) is 0 Å². The molecule has 0 unspecified atom stereocenters. The zero-order valence-electron chi connectivity index (χ0n) is 10.1. The summed E-state index contributed by atoms with van der Waals surface area (Å²) in [6, 6.07) is 0. The highest BCUT2D eigenvalue weighted by molar-refractivity contribution is 5.92. The zero-order valence-corrected chi connectivity index (χ0v) is 10.1. The standard InChI is InChI=1S/C11H18N4O2/c1-8(12)5-10(16)14-9(2)6-11(17)15-4-3-13-7-15/h5-6,13H,3-4,7,12H2,1-2H3,(H,14,16)/b8-5-,9-6-. The van der Waals surface area contributed by atoms with E-state index in [0.29, 0.717) is 24.6 Å². The molecule has 0 aromatic carbocycles. The summed E-state index contributed by atoms with van der Waals surface area (Å²) >= 11 is 0. The first-order valence-corrected chi connectivity index (χ1v) is 5.41. The van der Waals surface area contributed by atoms with Gasteiger partial charge in [0, 0.05) is 36.6 Å². The molecule has 1 rings (SSSR count). The van der Waals surface area contributed by atoms with E-state index >= 15 is 0 Å². The van der Waals surface area contributed by atoms with Gasteiger partial charge in [-0.2, -0.15) is 0 Å². The maximum atomic E-state index is 11.7. The Hall–Kier alpha value is -1.82. The van der Waals surface area contributed by atoms with Crippen LogP contribution in [0.2, 0.25) is 0 Å². The van der Waals surface area contributed by atoms with Crippen LogP contribution in [-0.2, 0) is 9.59 Å². The third-order valence-corrected chi connectivity index (χ3v) is 2.19. The zero-order chi connectivity index (χ0) is 12.8. The van der Waals surface area contributed by atoms with Crippen molar-refractivity contribution in [2.24, 2.45) is 5.73 Å². The minimum absolute atomic E-state index is 0.110. The van der Waals surface area contributed by atoms with Gasteiger partial charge in [0.05, 0.1) is 6.67 Å². The Morgan fingerprint density at radius 3 is 2.59 bits per heavy atom. The number of hydrogen-bond acceptors (Lipinski definition) is 4. The summed E-state index contributed by atoms with van der Waals surface area (Å²) in [5.41, 5.74) is 6.29. The van der Waals surface area contributed by atoms with Gasteiger partial charge < -0.3 is 16.0 Å². The topological polar surface area (TPSA) is 87.5 Å². The Bertz CT molecular complexity index is 364. The van der Waals surface area contributed by atoms with Gasteiger partial charge in [0.15, 0.2) is 0 Å². The van der Waals surface area contributed by atoms with Crippen molar-refractivity contribution in [1.82, 2.24) is 15.5 Å². The molecule has 0 spiro atoms. The predicted octanol–water partition coefficient (Wildman–Crippen LogP) is -0.742. The number of hydrogen-bond donors (Lipinski definition) is 3. The summed E-state index contributed by atoms with van der Waals surface area (Å²) in [5, 5.41) is 5.62. The number of carbonyl (C=O) groups excluding carboxylic acids is 2. The fraction of sp³-hybridized carbons (Fsp3) is 0.455. The van der Waals surface area contributed by atoms with Crippen molar-refractivity contribution in [2.75, 3.05) is 19.8 Å². The monoisotopic (exact) mass is 238 g/mol. The Kier molecular flexibility index (Phi) is 4.71. The van der Waals surface area contributed by atoms with Crippen molar-refractivity contribution in [1.29, 1.82) is 0 Å². The lowest BCUT2D eigenvalue weighted by Crippen LogP contribution is -2.29. The SMILES string of the molecule is C/C(N)=C/C(=O)N/C(C)=C\C(=O)N1CCNC1. The van der Waals surface area contributed by atoms with Crippen LogP contribution in [0.1, 0.15) is 13.8 Å². The van der Waals surface area contributed by atoms with Gasteiger partial charge in [0.2, 0.25) is 11.8 Å². The van der Waals surface area contributed by atoms with Crippen LogP contribution in [0.4, 0.5) is 0 Å². The lowest BCUT2D eigenvalue weighted by atomic mass is 10.3. The maximum Gasteiger partial charge on any atom is 0.249 e. The van der Waals surface area contributed by atoms with Crippen molar-refractivity contribution >= 4 is 11.8 Å². The van der Waals surface area contributed by atoms with Crippen molar-refractivity contribution in [3.63, 3.8) is 0 Å². The summed E-state index contributed by atoms with van der Waals surface area (Å²) in [6.45, 7) is 5.34. The van der Waals surface area contributed by atoms with Crippen LogP contribution in [-0.4, -0.2) is 36.5 Å². The molecule has 0 aliphatic carbocycles. The van der Waals surface area contributed by atoms with E-state index in [1.54, 1.807) is 18.7 Å². The number of nitrogens with zero attached hydrogens (tertiary/aromatic N) is 1. The molecule has 0 aromatic rings. The summed E-state index contributed by atoms with van der Waals surface area (Å²) < 4.78 is 0. The number of amides is 2. The lowest BCUT2D eigenvalue weighted by Gasteiger charge is -2.12. The largest absolute Gasteiger partial charge is 0.402 e. The molecule has 0 bridgehead atoms. The number of nitrogens with one attached hydrogen (secondary N) is 2. The highest BCUT2D eigenvalue weighted by Crippen LogP contribution is 1.97. The van der Waals surface area contributed by atoms with Crippen molar-refractivity contribution in [3.8, 4) is 0 Å². The van der Waals surface area contributed by atoms with Gasteiger partial charge in [0.1, 0.15) is 0 Å². The van der Waals surface area contributed by atoms with Gasteiger partial charge >= 0.3 is 0 Å². The second-order valence-electron chi connectivity index (χ2n) is 3.96. The molecule has 0 aromatic heterocycles. The molecule has 1 saturated heterocycles. The Labute approximate surface area is 101 Å². The van der Waals surface area contributed by atoms with Gasteiger partial charge in [-0.05, 0) is 13.8 Å². The van der Waals surface area contributed by atoms with Crippen LogP contribution in [0.25, 0.3) is 0 Å². The molecule has 1 aliphatic rings. The number of nitrogens with two attached hydrogens (primary N) is 1. The van der Waals surface area contributed by atoms with E-state index in [1.807, 2.05) is 0 Å². The summed E-state index contributed by atoms with van der Waals surface area (Å²) in [5.74, 6) is -0.438. The third kappa shape index (κ3) is 4.69. The van der Waals surface area contributed by atoms with Crippen LogP contribution in [0.3, 0.4) is 0 Å². The normalized spacial score (nSPS) is 17.2. The van der Waals surface area contributed by atoms with Crippen molar-refractivity contribution in [2.45, 2.75) is 13.8 Å². The summed E-state index contributed by atoms with van der Waals surface area (Å²) in [4.78, 5) is 24.7. The van der Waals surface area contributed by atoms with Crippen molar-refractivity contribution < 1.29 is 9.59 Å². The molecule has 6 nitrogen and oxygen atoms in total. The molecule has 2 amide bonds. The average molecular weight is 238 g/mol. The Morgan fingerprint density at radius 2 is 2.06 bits per heavy atom. The van der Waals surface area contributed by atoms with Gasteiger partial charge in [0.25, 0.3) is 0 Å². The molecule has 0 atom stereocenters. The van der Waals surface area contributed by atoms with E-state index in [2.05, 4.69) is 10.6 Å². The first kappa shape index (κ1) is 13.2. The van der Waals surface area contributed by atoms with E-state index in [4.69, 9.17) is 5.73 Å². The quantitative estimate of drug-likeness (QED) is 0.565. The van der Waals surface area contributed by atoms with Crippen LogP contribution < -0.4 is 16.4 Å². The minimum atomic E-state index is -0.328. The first-order valence-electron chi connectivity index (χ1n) is 5.41. The fourth-order valence-electron chi connectivity index (χ4n) is 1.44. The molecule has 4 N–H and O–H groups in total. The lowest BCUT2D eigenvalue weighted by molar-refractivity contribution is -0.125. The molecular weight excluding hydrogens is 220 g/mol. The predicted molar refractivity (Wildman–Crippen MR) is 64.4 cm³/mol. The van der Waals surface area contributed by atoms with Crippen LogP contribution in [0, 0.1) is 0 Å². The molecule has 1 fully saturated rings. The molecule has 0 radical (unpaired) electrons. The average Bonchev–Trinajstić information content (AvgIpc) is 2.67. The fourth-order valence-corrected chi connectivity index (χ4v) is 1.44. The van der Waals surface area contributed by atoms with Crippen LogP contribution >= 0.6 is 0 Å². The van der Waals surface area contributed by atoms with E-state index in [-0.39, 0.29) is 11.8 Å². The second kappa shape index (κ2) is 6.05. The number of carbonyl (C=O) groups is 2. The first-order chi connectivity index (χ1) is 7.99. The molecule has 1 heterocycles. The highest BCUT2D eigenvalue weighted by Gasteiger charge is 2.15. The van der Waals surface area contributed by atoms with Gasteiger partial charge in [-0.25, -0.2) is 0 Å². The van der Waals surface area contributed by atoms with E-state index in [9.17, 15) is 9.59 Å². The maximum absolute atomic E-state index is 11.7. The van der Waals surface area contributed by atoms with Crippen LogP contribution in [0.5, 0.6) is 0 Å². The van der Waals surface area contributed by atoms with E-state index in [0.717, 1.165) is 6.54 Å². The summed E-state index contributed by atoms with van der Waals surface area (Å²) in [7, 11) is 0. The highest BCUT2D eigenvalue weighted by atomic mass is 16.2. The van der Waals surface area contributed by atoms with E-state index in [1.165, 1.54) is 12.2 Å². The molecule has 0 saturated carbocycles. The van der Waals surface area contributed by atoms with E-state index < -0.39 is 0 Å². The van der Waals surface area contributed by atoms with Crippen molar-refractivity contribution in [3.05, 3.63) is 23.5 Å². The second-order valence-corrected chi connectivity index (χ2v) is 3.96. The number of rotatable bonds is 3. The number of allylic oxidation sites excluding steroid dienone is 2. The minimum Gasteiger partial charge on any atom is -0.402 e. The molecule has 1 aliphatic heterocycles. The Morgan fingerprint density at radius 1 is 1.35 bits per heavy atom. The molecule has 94 valence electrons. The third-order valence-electron chi connectivity index (χ3n) is 2.19. The van der Waals surface area contributed by atoms with Gasteiger partial charge in [-0.15, -0.1) is 0 Å². The molecule has 17 heavy (non-hydrogen) atoms. The molecule has 6 heteroatoms. The smallest absolute Gasteiger partial charge is 0.249 e. The molecular formula is C11H18N4O2.